The lowest BCUT2D eigenvalue weighted by molar-refractivity contribution is 0.318. The third kappa shape index (κ3) is 1.87. The Morgan fingerprint density at radius 1 is 1.30 bits per heavy atom. The third-order valence-electron chi connectivity index (χ3n) is 3.60. The highest BCUT2D eigenvalue weighted by Gasteiger charge is 2.29. The van der Waals surface area contributed by atoms with Gasteiger partial charge in [-0.05, 0) is 37.1 Å². The van der Waals surface area contributed by atoms with E-state index in [4.69, 9.17) is 10.9 Å². The molecule has 1 atom stereocenters. The molecule has 0 saturated heterocycles. The molecule has 1 aromatic heterocycles. The second-order valence-electron chi connectivity index (χ2n) is 4.91. The first kappa shape index (κ1) is 12.5. The maximum Gasteiger partial charge on any atom is 0.190 e. The zero-order valence-electron chi connectivity index (χ0n) is 11.2. The number of benzene rings is 1. The van der Waals surface area contributed by atoms with Crippen LogP contribution in [0.4, 0.5) is 11.4 Å². The molecular weight excluding hydrogens is 252 g/mol. The van der Waals surface area contributed by atoms with Gasteiger partial charge >= 0.3 is 0 Å². The van der Waals surface area contributed by atoms with Crippen molar-refractivity contribution in [3.05, 3.63) is 53.9 Å². The maximum atomic E-state index is 8.92. The van der Waals surface area contributed by atoms with Gasteiger partial charge in [0.15, 0.2) is 5.84 Å². The SMILES string of the molecule is CC1Cc2ccccc2N1c1cccnc1/C(N)=N/O. The van der Waals surface area contributed by atoms with Crippen LogP contribution >= 0.6 is 0 Å². The molecule has 1 unspecified atom stereocenters. The van der Waals surface area contributed by atoms with Crippen molar-refractivity contribution in [2.24, 2.45) is 10.9 Å². The van der Waals surface area contributed by atoms with Crippen molar-refractivity contribution >= 4 is 17.2 Å². The number of pyridine rings is 1. The number of rotatable bonds is 2. The fourth-order valence-corrected chi connectivity index (χ4v) is 2.77. The number of para-hydroxylation sites is 1. The molecule has 102 valence electrons. The number of nitrogens with zero attached hydrogens (tertiary/aromatic N) is 3. The standard InChI is InChI=1S/C15H16N4O/c1-10-9-11-5-2-3-6-12(11)19(10)13-7-4-8-17-14(13)15(16)18-20/h2-8,10,20H,9H2,1H3,(H2,16,18). The minimum atomic E-state index is 0.0252. The average molecular weight is 268 g/mol. The van der Waals surface area contributed by atoms with E-state index in [1.807, 2.05) is 24.3 Å². The lowest BCUT2D eigenvalue weighted by atomic mass is 10.1. The summed E-state index contributed by atoms with van der Waals surface area (Å²) in [5, 5.41) is 12.0. The van der Waals surface area contributed by atoms with Crippen LogP contribution in [0, 0.1) is 0 Å². The van der Waals surface area contributed by atoms with Gasteiger partial charge in [0, 0.05) is 17.9 Å². The molecule has 0 aliphatic carbocycles. The van der Waals surface area contributed by atoms with Crippen molar-refractivity contribution in [2.45, 2.75) is 19.4 Å². The predicted octanol–water partition coefficient (Wildman–Crippen LogP) is 2.26. The zero-order chi connectivity index (χ0) is 14.1. The second-order valence-corrected chi connectivity index (χ2v) is 4.91. The molecule has 0 fully saturated rings. The minimum Gasteiger partial charge on any atom is -0.409 e. The molecule has 0 radical (unpaired) electrons. The van der Waals surface area contributed by atoms with Gasteiger partial charge in [0.2, 0.25) is 0 Å². The second kappa shape index (κ2) is 4.85. The van der Waals surface area contributed by atoms with Gasteiger partial charge in [-0.25, -0.2) is 0 Å². The Balaban J connectivity index is 2.15. The van der Waals surface area contributed by atoms with Crippen LogP contribution in [0.15, 0.2) is 47.8 Å². The van der Waals surface area contributed by atoms with Crippen LogP contribution in [0.3, 0.4) is 0 Å². The van der Waals surface area contributed by atoms with Crippen LogP contribution in [0.5, 0.6) is 0 Å². The van der Waals surface area contributed by atoms with Crippen LogP contribution in [0.25, 0.3) is 0 Å². The molecule has 1 aliphatic rings. The minimum absolute atomic E-state index is 0.0252. The summed E-state index contributed by atoms with van der Waals surface area (Å²) in [5.41, 5.74) is 9.55. The Hall–Kier alpha value is -2.56. The molecule has 5 nitrogen and oxygen atoms in total. The lowest BCUT2D eigenvalue weighted by Gasteiger charge is -2.26. The summed E-state index contributed by atoms with van der Waals surface area (Å²) in [6.07, 6.45) is 2.62. The Bertz CT molecular complexity index is 668. The van der Waals surface area contributed by atoms with Crippen LogP contribution < -0.4 is 10.6 Å². The summed E-state index contributed by atoms with van der Waals surface area (Å²) in [6, 6.07) is 12.4. The van der Waals surface area contributed by atoms with E-state index in [1.165, 1.54) is 5.56 Å². The molecule has 0 amide bonds. The van der Waals surface area contributed by atoms with Gasteiger partial charge in [0.1, 0.15) is 5.69 Å². The number of anilines is 2. The van der Waals surface area contributed by atoms with Crippen molar-refractivity contribution in [3.8, 4) is 0 Å². The van der Waals surface area contributed by atoms with Crippen LogP contribution in [0.2, 0.25) is 0 Å². The third-order valence-corrected chi connectivity index (χ3v) is 3.60. The normalized spacial score (nSPS) is 18.1. The molecule has 0 bridgehead atoms. The molecular formula is C15H16N4O. The van der Waals surface area contributed by atoms with Gasteiger partial charge in [-0.15, -0.1) is 0 Å². The molecule has 1 aliphatic heterocycles. The smallest absolute Gasteiger partial charge is 0.190 e. The van der Waals surface area contributed by atoms with Crippen molar-refractivity contribution in [1.29, 1.82) is 0 Å². The molecule has 1 aromatic carbocycles. The highest BCUT2D eigenvalue weighted by Crippen LogP contribution is 2.38. The maximum absolute atomic E-state index is 8.92. The molecule has 2 heterocycles. The van der Waals surface area contributed by atoms with E-state index in [-0.39, 0.29) is 5.84 Å². The topological polar surface area (TPSA) is 74.7 Å². The first-order chi connectivity index (χ1) is 9.72. The van der Waals surface area contributed by atoms with Crippen LogP contribution in [-0.4, -0.2) is 22.1 Å². The molecule has 3 rings (SSSR count). The van der Waals surface area contributed by atoms with Crippen molar-refractivity contribution < 1.29 is 5.21 Å². The summed E-state index contributed by atoms with van der Waals surface area (Å²) in [7, 11) is 0. The highest BCUT2D eigenvalue weighted by molar-refractivity contribution is 6.01. The quantitative estimate of drug-likeness (QED) is 0.379. The largest absolute Gasteiger partial charge is 0.409 e. The number of amidine groups is 1. The number of fused-ring (bicyclic) bond motifs is 1. The van der Waals surface area contributed by atoms with E-state index >= 15 is 0 Å². The fraction of sp³-hybridized carbons (Fsp3) is 0.200. The Labute approximate surface area is 117 Å². The molecule has 5 heteroatoms. The highest BCUT2D eigenvalue weighted by atomic mass is 16.4. The number of aromatic nitrogens is 1. The monoisotopic (exact) mass is 268 g/mol. The van der Waals surface area contributed by atoms with E-state index in [9.17, 15) is 0 Å². The summed E-state index contributed by atoms with van der Waals surface area (Å²) in [6.45, 7) is 2.16. The van der Waals surface area contributed by atoms with Gasteiger partial charge in [-0.3, -0.25) is 4.98 Å². The van der Waals surface area contributed by atoms with Crippen LogP contribution in [0.1, 0.15) is 18.2 Å². The van der Waals surface area contributed by atoms with E-state index in [0.717, 1.165) is 17.8 Å². The van der Waals surface area contributed by atoms with Crippen LogP contribution in [-0.2, 0) is 6.42 Å². The van der Waals surface area contributed by atoms with Gasteiger partial charge in [-0.2, -0.15) is 0 Å². The molecule has 2 aromatic rings. The molecule has 0 spiro atoms. The number of nitrogens with two attached hydrogens (primary N) is 1. The number of oxime groups is 1. The molecule has 3 N–H and O–H groups in total. The molecule has 0 saturated carbocycles. The fourth-order valence-electron chi connectivity index (χ4n) is 2.77. The number of hydrogen-bond acceptors (Lipinski definition) is 4. The summed E-state index contributed by atoms with van der Waals surface area (Å²) >= 11 is 0. The van der Waals surface area contributed by atoms with Gasteiger partial charge < -0.3 is 15.8 Å². The summed E-state index contributed by atoms with van der Waals surface area (Å²) in [4.78, 5) is 6.43. The summed E-state index contributed by atoms with van der Waals surface area (Å²) < 4.78 is 0. The predicted molar refractivity (Wildman–Crippen MR) is 78.5 cm³/mol. The van der Waals surface area contributed by atoms with Gasteiger partial charge in [0.25, 0.3) is 0 Å². The van der Waals surface area contributed by atoms with Crippen molar-refractivity contribution in [2.75, 3.05) is 4.90 Å². The Morgan fingerprint density at radius 3 is 2.85 bits per heavy atom. The summed E-state index contributed by atoms with van der Waals surface area (Å²) in [5.74, 6) is 0.0252. The van der Waals surface area contributed by atoms with E-state index in [1.54, 1.807) is 6.20 Å². The van der Waals surface area contributed by atoms with E-state index in [2.05, 4.69) is 34.1 Å². The van der Waals surface area contributed by atoms with E-state index in [0.29, 0.717) is 11.7 Å². The lowest BCUT2D eigenvalue weighted by Crippen LogP contribution is -2.28. The number of hydrogen-bond donors (Lipinski definition) is 2. The molecule has 20 heavy (non-hydrogen) atoms. The Morgan fingerprint density at radius 2 is 2.05 bits per heavy atom. The van der Waals surface area contributed by atoms with Gasteiger partial charge in [-0.1, -0.05) is 23.4 Å². The Kier molecular flexibility index (Phi) is 3.02. The van der Waals surface area contributed by atoms with E-state index < -0.39 is 0 Å². The first-order valence-corrected chi connectivity index (χ1v) is 6.52. The van der Waals surface area contributed by atoms with Crippen molar-refractivity contribution in [1.82, 2.24) is 4.98 Å². The first-order valence-electron chi connectivity index (χ1n) is 6.52. The zero-order valence-corrected chi connectivity index (χ0v) is 11.2. The van der Waals surface area contributed by atoms with Gasteiger partial charge in [0.05, 0.1) is 5.69 Å². The van der Waals surface area contributed by atoms with Crippen molar-refractivity contribution in [3.63, 3.8) is 0 Å². The average Bonchev–Trinajstić information content (AvgIpc) is 2.82.